The van der Waals surface area contributed by atoms with E-state index in [0.717, 1.165) is 39.1 Å². The lowest BCUT2D eigenvalue weighted by Crippen LogP contribution is -2.51. The predicted molar refractivity (Wildman–Crippen MR) is 68.1 cm³/mol. The molecule has 2 heterocycles. The summed E-state index contributed by atoms with van der Waals surface area (Å²) in [5, 5.41) is 3.85. The van der Waals surface area contributed by atoms with E-state index in [4.69, 9.17) is 0 Å². The summed E-state index contributed by atoms with van der Waals surface area (Å²) < 4.78 is 0. The van der Waals surface area contributed by atoms with Gasteiger partial charge in [-0.1, -0.05) is 6.92 Å². The van der Waals surface area contributed by atoms with E-state index >= 15 is 0 Å². The van der Waals surface area contributed by atoms with Gasteiger partial charge in [-0.3, -0.25) is 14.5 Å². The van der Waals surface area contributed by atoms with Gasteiger partial charge in [-0.05, 0) is 13.0 Å². The van der Waals surface area contributed by atoms with Gasteiger partial charge in [0.15, 0.2) is 0 Å². The van der Waals surface area contributed by atoms with E-state index in [1.54, 1.807) is 0 Å². The van der Waals surface area contributed by atoms with Crippen LogP contribution in [0, 0.1) is 0 Å². The number of amides is 2. The summed E-state index contributed by atoms with van der Waals surface area (Å²) >= 11 is 0. The van der Waals surface area contributed by atoms with Crippen LogP contribution in [0.1, 0.15) is 26.2 Å². The molecule has 0 spiro atoms. The summed E-state index contributed by atoms with van der Waals surface area (Å²) in [6, 6.07) is 0. The van der Waals surface area contributed by atoms with Crippen LogP contribution in [0.4, 0.5) is 0 Å². The Hall–Kier alpha value is -1.43. The van der Waals surface area contributed by atoms with Crippen molar-refractivity contribution < 1.29 is 9.59 Å². The van der Waals surface area contributed by atoms with Crippen LogP contribution in [0.2, 0.25) is 0 Å². The highest BCUT2D eigenvalue weighted by atomic mass is 16.2. The minimum absolute atomic E-state index is 0.0221. The molecule has 0 unspecified atom stereocenters. The van der Waals surface area contributed by atoms with Crippen molar-refractivity contribution in [3.05, 3.63) is 0 Å². The van der Waals surface area contributed by atoms with E-state index < -0.39 is 0 Å². The molecule has 0 atom stereocenters. The maximum absolute atomic E-state index is 12.1. The van der Waals surface area contributed by atoms with E-state index in [2.05, 4.69) is 22.4 Å². The van der Waals surface area contributed by atoms with Gasteiger partial charge in [0, 0.05) is 39.0 Å². The minimum Gasteiger partial charge on any atom is -0.335 e. The summed E-state index contributed by atoms with van der Waals surface area (Å²) in [6.45, 7) is 6.63. The third-order valence-electron chi connectivity index (χ3n) is 3.35. The van der Waals surface area contributed by atoms with E-state index in [1.807, 2.05) is 4.90 Å². The molecule has 2 aliphatic rings. The minimum atomic E-state index is -0.112. The van der Waals surface area contributed by atoms with Gasteiger partial charge >= 0.3 is 0 Å². The molecule has 0 radical (unpaired) electrons. The summed E-state index contributed by atoms with van der Waals surface area (Å²) in [5.74, 6) is -0.134. The second-order valence-electron chi connectivity index (χ2n) is 4.73. The van der Waals surface area contributed by atoms with Crippen molar-refractivity contribution in [3.8, 4) is 0 Å². The Morgan fingerprint density at radius 2 is 2.00 bits per heavy atom. The van der Waals surface area contributed by atoms with Crippen molar-refractivity contribution in [3.63, 3.8) is 0 Å². The van der Waals surface area contributed by atoms with Crippen LogP contribution in [0.3, 0.4) is 0 Å². The molecule has 0 aromatic rings. The molecule has 0 aromatic carbocycles. The molecule has 6 nitrogen and oxygen atoms in total. The molecular formula is C12H20N4O2. The van der Waals surface area contributed by atoms with Crippen LogP contribution in [0.25, 0.3) is 0 Å². The van der Waals surface area contributed by atoms with Crippen LogP contribution in [0.5, 0.6) is 0 Å². The Morgan fingerprint density at radius 3 is 2.56 bits per heavy atom. The second-order valence-corrected chi connectivity index (χ2v) is 4.73. The van der Waals surface area contributed by atoms with Gasteiger partial charge in [0.1, 0.15) is 5.71 Å². The Morgan fingerprint density at radius 1 is 1.28 bits per heavy atom. The van der Waals surface area contributed by atoms with E-state index in [-0.39, 0.29) is 11.8 Å². The highest BCUT2D eigenvalue weighted by molar-refractivity contribution is 6.39. The fourth-order valence-corrected chi connectivity index (χ4v) is 2.30. The summed E-state index contributed by atoms with van der Waals surface area (Å²) in [7, 11) is 0. The quantitative estimate of drug-likeness (QED) is 0.757. The lowest BCUT2D eigenvalue weighted by molar-refractivity contribution is -0.126. The van der Waals surface area contributed by atoms with Gasteiger partial charge in [-0.25, -0.2) is 5.43 Å². The molecule has 2 amide bonds. The Bertz CT molecular complexity index is 359. The monoisotopic (exact) mass is 252 g/mol. The van der Waals surface area contributed by atoms with Gasteiger partial charge in [-0.2, -0.15) is 5.10 Å². The first-order valence-corrected chi connectivity index (χ1v) is 6.57. The van der Waals surface area contributed by atoms with Gasteiger partial charge in [0.05, 0.1) is 0 Å². The number of hydrogen-bond acceptors (Lipinski definition) is 4. The maximum atomic E-state index is 12.1. The summed E-state index contributed by atoms with van der Waals surface area (Å²) in [6.07, 6.45) is 1.97. The van der Waals surface area contributed by atoms with Gasteiger partial charge in [0.2, 0.25) is 5.91 Å². The first kappa shape index (κ1) is 13.0. The number of nitrogens with zero attached hydrogens (tertiary/aromatic N) is 3. The van der Waals surface area contributed by atoms with Crippen LogP contribution in [0.15, 0.2) is 5.10 Å². The first-order chi connectivity index (χ1) is 8.70. The van der Waals surface area contributed by atoms with Crippen molar-refractivity contribution in [2.24, 2.45) is 5.10 Å². The molecule has 1 N–H and O–H groups in total. The van der Waals surface area contributed by atoms with Crippen molar-refractivity contribution in [1.29, 1.82) is 0 Å². The van der Waals surface area contributed by atoms with Crippen LogP contribution >= 0.6 is 0 Å². The smallest absolute Gasteiger partial charge is 0.270 e. The fourth-order valence-electron chi connectivity index (χ4n) is 2.30. The molecule has 0 aliphatic carbocycles. The molecule has 0 bridgehead atoms. The lowest BCUT2D eigenvalue weighted by atomic mass is 10.1. The topological polar surface area (TPSA) is 65.0 Å². The molecule has 2 rings (SSSR count). The number of nitrogens with one attached hydrogen (secondary N) is 1. The Kier molecular flexibility index (Phi) is 4.30. The van der Waals surface area contributed by atoms with Gasteiger partial charge in [-0.15, -0.1) is 0 Å². The molecule has 0 saturated carbocycles. The van der Waals surface area contributed by atoms with Crippen molar-refractivity contribution in [2.75, 3.05) is 32.7 Å². The summed E-state index contributed by atoms with van der Waals surface area (Å²) in [5.41, 5.74) is 2.86. The predicted octanol–water partition coefficient (Wildman–Crippen LogP) is -0.193. The third-order valence-corrected chi connectivity index (χ3v) is 3.35. The number of rotatable bonds is 3. The fraction of sp³-hybridized carbons (Fsp3) is 0.750. The Labute approximate surface area is 107 Å². The van der Waals surface area contributed by atoms with Crippen molar-refractivity contribution in [1.82, 2.24) is 15.2 Å². The van der Waals surface area contributed by atoms with Crippen LogP contribution < -0.4 is 5.43 Å². The number of carbonyl (C=O) groups excluding carboxylic acids is 2. The lowest BCUT2D eigenvalue weighted by Gasteiger charge is -2.34. The van der Waals surface area contributed by atoms with Crippen molar-refractivity contribution in [2.45, 2.75) is 26.2 Å². The molecule has 18 heavy (non-hydrogen) atoms. The average molecular weight is 252 g/mol. The van der Waals surface area contributed by atoms with E-state index in [0.29, 0.717) is 18.6 Å². The molecule has 1 fully saturated rings. The highest BCUT2D eigenvalue weighted by Gasteiger charge is 2.26. The van der Waals surface area contributed by atoms with E-state index in [1.165, 1.54) is 0 Å². The number of carbonyl (C=O) groups is 2. The highest BCUT2D eigenvalue weighted by Crippen LogP contribution is 2.07. The van der Waals surface area contributed by atoms with Crippen LogP contribution in [-0.2, 0) is 9.59 Å². The van der Waals surface area contributed by atoms with E-state index in [9.17, 15) is 9.59 Å². The summed E-state index contributed by atoms with van der Waals surface area (Å²) in [4.78, 5) is 27.3. The molecule has 1 saturated heterocycles. The largest absolute Gasteiger partial charge is 0.335 e. The van der Waals surface area contributed by atoms with Gasteiger partial charge < -0.3 is 4.90 Å². The first-order valence-electron chi connectivity index (χ1n) is 6.57. The average Bonchev–Trinajstić information content (AvgIpc) is 2.40. The zero-order valence-corrected chi connectivity index (χ0v) is 10.8. The number of hydrazone groups is 1. The third kappa shape index (κ3) is 3.07. The standard InChI is InChI=1S/C12H20N4O2/c1-2-5-15-6-8-16(9-7-15)12(18)10-3-4-11(17)14-13-10/h2-9H2,1H3,(H,14,17). The van der Waals surface area contributed by atoms with Crippen LogP contribution in [-0.4, -0.2) is 60.0 Å². The molecule has 100 valence electrons. The zero-order valence-electron chi connectivity index (χ0n) is 10.8. The number of piperazine rings is 1. The maximum Gasteiger partial charge on any atom is 0.270 e. The normalized spacial score (nSPS) is 21.5. The second kappa shape index (κ2) is 5.95. The SMILES string of the molecule is CCCN1CCN(C(=O)C2=NNC(=O)CC2)CC1. The molecule has 2 aliphatic heterocycles. The molecule has 0 aromatic heterocycles. The van der Waals surface area contributed by atoms with Crippen molar-refractivity contribution >= 4 is 17.5 Å². The van der Waals surface area contributed by atoms with Gasteiger partial charge in [0.25, 0.3) is 5.91 Å². The Balaban J connectivity index is 1.86. The molecule has 6 heteroatoms. The zero-order chi connectivity index (χ0) is 13.0. The molecular weight excluding hydrogens is 232 g/mol. The number of hydrogen-bond donors (Lipinski definition) is 1.